The number of rotatable bonds is 2. The van der Waals surface area contributed by atoms with Gasteiger partial charge in [0.1, 0.15) is 5.75 Å². The van der Waals surface area contributed by atoms with Gasteiger partial charge in [-0.15, -0.1) is 0 Å². The van der Waals surface area contributed by atoms with E-state index >= 15 is 0 Å². The van der Waals surface area contributed by atoms with Gasteiger partial charge in [-0.2, -0.15) is 0 Å². The third kappa shape index (κ3) is 2.27. The number of hydrogen-bond donors (Lipinski definition) is 3. The zero-order valence-corrected chi connectivity index (χ0v) is 8.61. The molecular formula is C6H6Br2N2O. The number of halogens is 2. The van der Waals surface area contributed by atoms with Crippen molar-refractivity contribution in [1.29, 1.82) is 0 Å². The first kappa shape index (κ1) is 8.67. The summed E-state index contributed by atoms with van der Waals surface area (Å²) < 4.78 is 5.47. The van der Waals surface area contributed by atoms with Crippen molar-refractivity contribution in [1.82, 2.24) is 0 Å². The molecular weight excluding hydrogens is 276 g/mol. The van der Waals surface area contributed by atoms with Crippen molar-refractivity contribution in [3.05, 3.63) is 18.2 Å². The lowest BCUT2D eigenvalue weighted by molar-refractivity contribution is 0.476. The second kappa shape index (κ2) is 3.82. The second-order valence-corrected chi connectivity index (χ2v) is 2.75. The van der Waals surface area contributed by atoms with Gasteiger partial charge in [-0.1, -0.05) is 0 Å². The van der Waals surface area contributed by atoms with Crippen LogP contribution in [0.15, 0.2) is 18.2 Å². The Kier molecular flexibility index (Phi) is 3.02. The first-order valence-electron chi connectivity index (χ1n) is 2.83. The highest BCUT2D eigenvalue weighted by molar-refractivity contribution is 9.10. The van der Waals surface area contributed by atoms with Gasteiger partial charge in [0.2, 0.25) is 0 Å². The minimum Gasteiger partial charge on any atom is -0.508 e. The van der Waals surface area contributed by atoms with Gasteiger partial charge in [-0.05, 0) is 6.07 Å². The molecule has 5 heteroatoms. The fourth-order valence-electron chi connectivity index (χ4n) is 0.720. The monoisotopic (exact) mass is 280 g/mol. The summed E-state index contributed by atoms with van der Waals surface area (Å²) in [5.74, 6) is 0.205. The zero-order valence-electron chi connectivity index (χ0n) is 5.44. The van der Waals surface area contributed by atoms with E-state index in [1.54, 1.807) is 12.1 Å². The van der Waals surface area contributed by atoms with Gasteiger partial charge < -0.3 is 13.8 Å². The topological polar surface area (TPSA) is 44.3 Å². The van der Waals surface area contributed by atoms with Crippen LogP contribution in [0, 0.1) is 0 Å². The molecule has 0 aromatic heterocycles. The van der Waals surface area contributed by atoms with Crippen molar-refractivity contribution in [2.75, 3.05) is 8.69 Å². The van der Waals surface area contributed by atoms with E-state index in [1.165, 1.54) is 0 Å². The molecule has 0 amide bonds. The number of hydrogen-bond acceptors (Lipinski definition) is 3. The Balaban J connectivity index is 3.02. The molecule has 3 N–H and O–H groups in total. The summed E-state index contributed by atoms with van der Waals surface area (Å²) in [5.41, 5.74) is 1.57. The van der Waals surface area contributed by atoms with Crippen LogP contribution in [0.5, 0.6) is 5.75 Å². The number of phenolic OH excluding ortho intramolecular Hbond substituents is 1. The van der Waals surface area contributed by atoms with Crippen LogP contribution in [0.1, 0.15) is 0 Å². The zero-order chi connectivity index (χ0) is 8.27. The van der Waals surface area contributed by atoms with E-state index in [0.717, 1.165) is 11.4 Å². The number of anilines is 2. The summed E-state index contributed by atoms with van der Waals surface area (Å²) in [5, 5.41) is 9.13. The number of benzene rings is 1. The highest BCUT2D eigenvalue weighted by Gasteiger charge is 1.96. The van der Waals surface area contributed by atoms with E-state index in [4.69, 9.17) is 5.11 Å². The summed E-state index contributed by atoms with van der Waals surface area (Å²) >= 11 is 6.10. The highest BCUT2D eigenvalue weighted by atomic mass is 79.9. The van der Waals surface area contributed by atoms with Gasteiger partial charge in [0, 0.05) is 55.8 Å². The first-order valence-corrected chi connectivity index (χ1v) is 4.42. The quantitative estimate of drug-likeness (QED) is 0.731. The predicted octanol–water partition coefficient (Wildman–Crippen LogP) is 2.84. The van der Waals surface area contributed by atoms with Gasteiger partial charge in [-0.3, -0.25) is 0 Å². The maximum atomic E-state index is 9.13. The van der Waals surface area contributed by atoms with Gasteiger partial charge in [0.25, 0.3) is 0 Å². The van der Waals surface area contributed by atoms with E-state index in [0.29, 0.717) is 0 Å². The van der Waals surface area contributed by atoms with Gasteiger partial charge in [-0.25, -0.2) is 0 Å². The molecule has 0 aliphatic heterocycles. The predicted molar refractivity (Wildman–Crippen MR) is 53.2 cm³/mol. The fourth-order valence-corrected chi connectivity index (χ4v) is 1.18. The normalized spacial score (nSPS) is 9.27. The molecule has 0 saturated heterocycles. The Bertz CT molecular complexity index is 232. The van der Waals surface area contributed by atoms with Crippen LogP contribution < -0.4 is 8.69 Å². The van der Waals surface area contributed by atoms with E-state index in [1.807, 2.05) is 6.07 Å². The molecule has 1 rings (SSSR count). The molecule has 0 aliphatic rings. The maximum Gasteiger partial charge on any atom is 0.119 e. The van der Waals surface area contributed by atoms with Crippen LogP contribution >= 0.6 is 32.3 Å². The molecule has 0 radical (unpaired) electrons. The van der Waals surface area contributed by atoms with E-state index in [2.05, 4.69) is 41.0 Å². The number of phenols is 1. The Morgan fingerprint density at radius 1 is 1.00 bits per heavy atom. The second-order valence-electron chi connectivity index (χ2n) is 1.96. The third-order valence-electron chi connectivity index (χ3n) is 1.14. The van der Waals surface area contributed by atoms with Crippen molar-refractivity contribution >= 4 is 43.7 Å². The Hall–Kier alpha value is -0.420. The molecule has 1 aromatic carbocycles. The molecule has 0 spiro atoms. The molecule has 0 aliphatic carbocycles. The van der Waals surface area contributed by atoms with E-state index in [-0.39, 0.29) is 5.75 Å². The van der Waals surface area contributed by atoms with Crippen LogP contribution in [-0.2, 0) is 0 Å². The maximum absolute atomic E-state index is 9.13. The van der Waals surface area contributed by atoms with Crippen LogP contribution in [0.3, 0.4) is 0 Å². The van der Waals surface area contributed by atoms with Crippen molar-refractivity contribution in [2.45, 2.75) is 0 Å². The molecule has 1 aromatic rings. The highest BCUT2D eigenvalue weighted by Crippen LogP contribution is 2.24. The van der Waals surface area contributed by atoms with Crippen LogP contribution in [0.2, 0.25) is 0 Å². The Morgan fingerprint density at radius 3 is 1.82 bits per heavy atom. The summed E-state index contributed by atoms with van der Waals surface area (Å²) in [7, 11) is 0. The van der Waals surface area contributed by atoms with E-state index in [9.17, 15) is 0 Å². The lowest BCUT2D eigenvalue weighted by atomic mass is 10.3. The van der Waals surface area contributed by atoms with Gasteiger partial charge in [0.05, 0.1) is 0 Å². The molecule has 60 valence electrons. The number of nitrogens with one attached hydrogen (secondary N) is 2. The Labute approximate surface area is 81.5 Å². The average molecular weight is 282 g/mol. The first-order chi connectivity index (χ1) is 5.26. The van der Waals surface area contributed by atoms with Crippen LogP contribution in [-0.4, -0.2) is 5.11 Å². The Morgan fingerprint density at radius 2 is 1.45 bits per heavy atom. The minimum absolute atomic E-state index is 0.205. The van der Waals surface area contributed by atoms with Crippen LogP contribution in [0.25, 0.3) is 0 Å². The standard InChI is InChI=1S/C6H6Br2N2O/c7-9-4-1-5(10-8)3-6(11)2-4/h1-3,9-11H. The fraction of sp³-hybridized carbons (Fsp3) is 0. The minimum atomic E-state index is 0.205. The molecule has 0 saturated carbocycles. The lowest BCUT2D eigenvalue weighted by Gasteiger charge is -2.02. The third-order valence-corrected chi connectivity index (χ3v) is 2.05. The lowest BCUT2D eigenvalue weighted by Crippen LogP contribution is -1.83. The van der Waals surface area contributed by atoms with Crippen molar-refractivity contribution in [3.8, 4) is 5.75 Å². The smallest absolute Gasteiger partial charge is 0.119 e. The summed E-state index contributed by atoms with van der Waals surface area (Å²) in [6.07, 6.45) is 0. The van der Waals surface area contributed by atoms with Gasteiger partial charge >= 0.3 is 0 Å². The van der Waals surface area contributed by atoms with Crippen molar-refractivity contribution in [2.24, 2.45) is 0 Å². The molecule has 0 unspecified atom stereocenters. The summed E-state index contributed by atoms with van der Waals surface area (Å²) in [6.45, 7) is 0. The average Bonchev–Trinajstić information content (AvgIpc) is 2.03. The summed E-state index contributed by atoms with van der Waals surface area (Å²) in [4.78, 5) is 0. The molecule has 0 atom stereocenters. The largest absolute Gasteiger partial charge is 0.508 e. The SMILES string of the molecule is Oc1cc(NBr)cc(NBr)c1. The molecule has 0 bridgehead atoms. The number of aromatic hydroxyl groups is 1. The van der Waals surface area contributed by atoms with Crippen LogP contribution in [0.4, 0.5) is 11.4 Å². The molecule has 0 fully saturated rings. The van der Waals surface area contributed by atoms with Crippen molar-refractivity contribution < 1.29 is 5.11 Å². The summed E-state index contributed by atoms with van der Waals surface area (Å²) in [6, 6.07) is 5.02. The van der Waals surface area contributed by atoms with Crippen molar-refractivity contribution in [3.63, 3.8) is 0 Å². The van der Waals surface area contributed by atoms with E-state index < -0.39 is 0 Å². The molecule has 3 nitrogen and oxygen atoms in total. The molecule has 11 heavy (non-hydrogen) atoms. The molecule has 0 heterocycles. The van der Waals surface area contributed by atoms with Gasteiger partial charge in [0.15, 0.2) is 0 Å².